The van der Waals surface area contributed by atoms with E-state index < -0.39 is 6.04 Å². The molecule has 2 atom stereocenters. The summed E-state index contributed by atoms with van der Waals surface area (Å²) in [5.41, 5.74) is 7.33. The van der Waals surface area contributed by atoms with Crippen LogP contribution in [0.5, 0.6) is 0 Å². The number of nitrogens with one attached hydrogen (secondary N) is 2. The van der Waals surface area contributed by atoms with E-state index in [4.69, 9.17) is 5.73 Å². The second-order valence-corrected chi connectivity index (χ2v) is 6.75. The Morgan fingerprint density at radius 2 is 1.92 bits per heavy atom. The van der Waals surface area contributed by atoms with Crippen molar-refractivity contribution in [2.45, 2.75) is 45.7 Å². The van der Waals surface area contributed by atoms with Gasteiger partial charge in [-0.15, -0.1) is 12.4 Å². The molecule has 1 saturated carbocycles. The van der Waals surface area contributed by atoms with Crippen LogP contribution < -0.4 is 16.4 Å². The highest BCUT2D eigenvalue weighted by Crippen LogP contribution is 2.32. The maximum atomic E-state index is 12.5. The van der Waals surface area contributed by atoms with Crippen molar-refractivity contribution in [2.75, 3.05) is 6.54 Å². The molecule has 1 aliphatic carbocycles. The Balaban J connectivity index is 0.00000288. The van der Waals surface area contributed by atoms with Crippen LogP contribution in [-0.4, -0.2) is 30.4 Å². The third kappa shape index (κ3) is 5.49. The Kier molecular flexibility index (Phi) is 7.70. The van der Waals surface area contributed by atoms with E-state index in [0.717, 1.165) is 18.4 Å². The van der Waals surface area contributed by atoms with Gasteiger partial charge in [0.25, 0.3) is 5.91 Å². The molecule has 5 nitrogen and oxygen atoms in total. The second-order valence-electron chi connectivity index (χ2n) is 6.75. The van der Waals surface area contributed by atoms with Crippen LogP contribution in [0.1, 0.15) is 42.6 Å². The van der Waals surface area contributed by atoms with E-state index in [1.807, 2.05) is 39.0 Å². The number of benzene rings is 1. The average Bonchev–Trinajstić information content (AvgIpc) is 3.34. The lowest BCUT2D eigenvalue weighted by atomic mass is 10.0. The minimum absolute atomic E-state index is 0. The van der Waals surface area contributed by atoms with E-state index in [9.17, 15) is 9.59 Å². The van der Waals surface area contributed by atoms with Crippen LogP contribution in [0.25, 0.3) is 0 Å². The summed E-state index contributed by atoms with van der Waals surface area (Å²) in [5.74, 6) is 0.118. The van der Waals surface area contributed by atoms with Crippen LogP contribution in [0.3, 0.4) is 0 Å². The van der Waals surface area contributed by atoms with Crippen LogP contribution in [0.15, 0.2) is 24.3 Å². The Hall–Kier alpha value is -1.59. The third-order valence-electron chi connectivity index (χ3n) is 4.29. The molecule has 0 spiro atoms. The van der Waals surface area contributed by atoms with E-state index in [1.165, 1.54) is 0 Å². The Bertz CT molecular complexity index is 573. The van der Waals surface area contributed by atoms with Gasteiger partial charge in [-0.3, -0.25) is 9.59 Å². The molecule has 2 rings (SSSR count). The lowest BCUT2D eigenvalue weighted by Crippen LogP contribution is -2.54. The Labute approximate surface area is 150 Å². The maximum absolute atomic E-state index is 12.5. The lowest BCUT2D eigenvalue weighted by molar-refractivity contribution is -0.124. The predicted octanol–water partition coefficient (Wildman–Crippen LogP) is 2.02. The number of hydrogen-bond acceptors (Lipinski definition) is 3. The number of halogens is 1. The summed E-state index contributed by atoms with van der Waals surface area (Å²) >= 11 is 0. The zero-order valence-corrected chi connectivity index (χ0v) is 15.4. The van der Waals surface area contributed by atoms with Gasteiger partial charge in [0.2, 0.25) is 5.91 Å². The Morgan fingerprint density at radius 1 is 1.25 bits per heavy atom. The van der Waals surface area contributed by atoms with Crippen molar-refractivity contribution in [1.82, 2.24) is 10.6 Å². The van der Waals surface area contributed by atoms with Gasteiger partial charge in [-0.2, -0.15) is 0 Å². The number of aryl methyl sites for hydroxylation is 1. The van der Waals surface area contributed by atoms with Gasteiger partial charge in [-0.1, -0.05) is 31.5 Å². The van der Waals surface area contributed by atoms with Crippen LogP contribution in [-0.2, 0) is 4.79 Å². The number of hydrogen-bond donors (Lipinski definition) is 3. The topological polar surface area (TPSA) is 84.2 Å². The largest absolute Gasteiger partial charge is 0.350 e. The van der Waals surface area contributed by atoms with Crippen LogP contribution in [0, 0.1) is 18.8 Å². The summed E-state index contributed by atoms with van der Waals surface area (Å²) < 4.78 is 0. The van der Waals surface area contributed by atoms with Gasteiger partial charge >= 0.3 is 0 Å². The number of rotatable bonds is 7. The summed E-state index contributed by atoms with van der Waals surface area (Å²) in [5, 5.41) is 5.86. The normalized spacial score (nSPS) is 16.0. The van der Waals surface area contributed by atoms with Crippen molar-refractivity contribution < 1.29 is 9.59 Å². The molecule has 6 heteroatoms. The zero-order chi connectivity index (χ0) is 17.0. The number of carbonyl (C=O) groups is 2. The fraction of sp³-hybridized carbons (Fsp3) is 0.556. The smallest absolute Gasteiger partial charge is 0.251 e. The first kappa shape index (κ1) is 20.5. The van der Waals surface area contributed by atoms with E-state index >= 15 is 0 Å². The fourth-order valence-corrected chi connectivity index (χ4v) is 2.69. The van der Waals surface area contributed by atoms with Gasteiger partial charge in [0, 0.05) is 18.2 Å². The molecule has 0 saturated heterocycles. The summed E-state index contributed by atoms with van der Waals surface area (Å²) in [6.07, 6.45) is 2.23. The summed E-state index contributed by atoms with van der Waals surface area (Å²) in [6, 6.07) is 6.80. The molecule has 1 aliphatic rings. The summed E-state index contributed by atoms with van der Waals surface area (Å²) in [7, 11) is 0. The molecule has 2 amide bonds. The van der Waals surface area contributed by atoms with Crippen molar-refractivity contribution in [3.05, 3.63) is 35.4 Å². The first-order valence-corrected chi connectivity index (χ1v) is 8.30. The van der Waals surface area contributed by atoms with Crippen molar-refractivity contribution in [2.24, 2.45) is 17.6 Å². The number of nitrogens with two attached hydrogens (primary N) is 1. The SMILES string of the molecule is Cc1cccc(C(=O)NC(C(=O)NC(CN)C2CC2)C(C)C)c1.Cl. The van der Waals surface area contributed by atoms with Crippen molar-refractivity contribution in [3.63, 3.8) is 0 Å². The maximum Gasteiger partial charge on any atom is 0.251 e. The molecule has 0 aromatic heterocycles. The zero-order valence-electron chi connectivity index (χ0n) is 14.5. The number of carbonyl (C=O) groups excluding carboxylic acids is 2. The first-order valence-electron chi connectivity index (χ1n) is 8.30. The highest BCUT2D eigenvalue weighted by Gasteiger charge is 2.33. The van der Waals surface area contributed by atoms with Crippen molar-refractivity contribution in [1.29, 1.82) is 0 Å². The van der Waals surface area contributed by atoms with Gasteiger partial charge in [0.1, 0.15) is 6.04 Å². The fourth-order valence-electron chi connectivity index (χ4n) is 2.69. The molecule has 1 fully saturated rings. The van der Waals surface area contributed by atoms with Crippen molar-refractivity contribution in [3.8, 4) is 0 Å². The standard InChI is InChI=1S/C18H27N3O2.ClH/c1-11(2)16(18(23)20-15(10-19)13-7-8-13)21-17(22)14-6-4-5-12(3)9-14;/h4-6,9,11,13,15-16H,7-8,10,19H2,1-3H3,(H,20,23)(H,21,22);1H. The molecule has 4 N–H and O–H groups in total. The molecule has 24 heavy (non-hydrogen) atoms. The molecule has 0 bridgehead atoms. The first-order chi connectivity index (χ1) is 10.9. The van der Waals surface area contributed by atoms with E-state index in [-0.39, 0.29) is 36.2 Å². The predicted molar refractivity (Wildman–Crippen MR) is 98.2 cm³/mol. The van der Waals surface area contributed by atoms with Crippen LogP contribution in [0.4, 0.5) is 0 Å². The van der Waals surface area contributed by atoms with Gasteiger partial charge in [0.05, 0.1) is 0 Å². The van der Waals surface area contributed by atoms with Gasteiger partial charge < -0.3 is 16.4 Å². The molecule has 0 heterocycles. The summed E-state index contributed by atoms with van der Waals surface area (Å²) in [6.45, 7) is 6.22. The Morgan fingerprint density at radius 3 is 2.42 bits per heavy atom. The molecule has 134 valence electrons. The van der Waals surface area contributed by atoms with Gasteiger partial charge in [0.15, 0.2) is 0 Å². The number of amides is 2. The van der Waals surface area contributed by atoms with E-state index in [1.54, 1.807) is 6.07 Å². The molecule has 2 unspecified atom stereocenters. The summed E-state index contributed by atoms with van der Waals surface area (Å²) in [4.78, 5) is 24.9. The van der Waals surface area contributed by atoms with E-state index in [0.29, 0.717) is 18.0 Å². The average molecular weight is 354 g/mol. The molecule has 0 radical (unpaired) electrons. The quantitative estimate of drug-likeness (QED) is 0.701. The second kappa shape index (κ2) is 9.04. The minimum Gasteiger partial charge on any atom is -0.350 e. The molecule has 0 aliphatic heterocycles. The third-order valence-corrected chi connectivity index (χ3v) is 4.29. The molecular weight excluding hydrogens is 326 g/mol. The monoisotopic (exact) mass is 353 g/mol. The highest BCUT2D eigenvalue weighted by molar-refractivity contribution is 5.97. The van der Waals surface area contributed by atoms with Crippen molar-refractivity contribution >= 4 is 24.2 Å². The molecular formula is C18H28ClN3O2. The van der Waals surface area contributed by atoms with E-state index in [2.05, 4.69) is 10.6 Å². The minimum atomic E-state index is -0.559. The van der Waals surface area contributed by atoms with Gasteiger partial charge in [-0.25, -0.2) is 0 Å². The van der Waals surface area contributed by atoms with Gasteiger partial charge in [-0.05, 0) is 43.7 Å². The lowest BCUT2D eigenvalue weighted by Gasteiger charge is -2.25. The van der Waals surface area contributed by atoms with Crippen LogP contribution in [0.2, 0.25) is 0 Å². The molecule has 1 aromatic rings. The van der Waals surface area contributed by atoms with Crippen LogP contribution >= 0.6 is 12.4 Å². The highest BCUT2D eigenvalue weighted by atomic mass is 35.5. The molecule has 1 aromatic carbocycles.